The predicted octanol–water partition coefficient (Wildman–Crippen LogP) is 3.62. The largest absolute Gasteiger partial charge is 0.382 e. The maximum absolute atomic E-state index is 11.4. The quantitative estimate of drug-likeness (QED) is 0.108. The molecular formula is C22H30N4O2S. The second-order valence-corrected chi connectivity index (χ2v) is 7.45. The average Bonchev–Trinajstić information content (AvgIpc) is 2.69. The monoisotopic (exact) mass is 414 g/mol. The highest BCUT2D eigenvalue weighted by atomic mass is 32.2. The van der Waals surface area contributed by atoms with Gasteiger partial charge in [-0.1, -0.05) is 48.6 Å². The molecule has 29 heavy (non-hydrogen) atoms. The first-order valence-corrected chi connectivity index (χ1v) is 10.3. The zero-order valence-corrected chi connectivity index (χ0v) is 17.9. The highest BCUT2D eigenvalue weighted by Crippen LogP contribution is 2.17. The van der Waals surface area contributed by atoms with Gasteiger partial charge in [0.05, 0.1) is 17.5 Å². The molecule has 7 heteroatoms. The van der Waals surface area contributed by atoms with Crippen molar-refractivity contribution in [2.75, 3.05) is 18.4 Å². The van der Waals surface area contributed by atoms with Gasteiger partial charge < -0.3 is 21.2 Å². The summed E-state index contributed by atoms with van der Waals surface area (Å²) in [7, 11) is 0. The lowest BCUT2D eigenvalue weighted by atomic mass is 10.1. The molecule has 0 saturated carbocycles. The number of hydrogen-bond acceptors (Lipinski definition) is 6. The van der Waals surface area contributed by atoms with Gasteiger partial charge in [-0.15, -0.1) is 0 Å². The SMILES string of the molecule is C=C/C=C(C)\C=C/CNc1ccc(C(CC(N)=O)=NSC(C)NCCC=O)cc1. The number of carbonyl (C=O) groups excluding carboxylic acids is 2. The van der Waals surface area contributed by atoms with Crippen LogP contribution in [0.25, 0.3) is 0 Å². The molecule has 1 aromatic rings. The molecule has 0 heterocycles. The van der Waals surface area contributed by atoms with Crippen LogP contribution >= 0.6 is 11.9 Å². The van der Waals surface area contributed by atoms with Crippen LogP contribution in [0.3, 0.4) is 0 Å². The number of nitrogens with one attached hydrogen (secondary N) is 2. The van der Waals surface area contributed by atoms with E-state index in [0.29, 0.717) is 25.2 Å². The van der Waals surface area contributed by atoms with Crippen LogP contribution in [-0.2, 0) is 9.59 Å². The smallest absolute Gasteiger partial charge is 0.223 e. The fourth-order valence-corrected chi connectivity index (χ4v) is 2.97. The molecule has 1 amide bonds. The summed E-state index contributed by atoms with van der Waals surface area (Å²) in [6, 6.07) is 7.73. The van der Waals surface area contributed by atoms with Crippen LogP contribution < -0.4 is 16.4 Å². The van der Waals surface area contributed by atoms with Crippen LogP contribution in [-0.4, -0.2) is 36.4 Å². The summed E-state index contributed by atoms with van der Waals surface area (Å²) in [6.45, 7) is 8.93. The molecule has 0 spiro atoms. The first-order chi connectivity index (χ1) is 14.0. The fraction of sp³-hybridized carbons (Fsp3) is 0.318. The molecule has 156 valence electrons. The topological polar surface area (TPSA) is 96.6 Å². The number of rotatable bonds is 14. The van der Waals surface area contributed by atoms with Crippen molar-refractivity contribution in [1.29, 1.82) is 0 Å². The fourth-order valence-electron chi connectivity index (χ4n) is 2.32. The molecule has 1 rings (SSSR count). The molecular weight excluding hydrogens is 384 g/mol. The third kappa shape index (κ3) is 11.1. The van der Waals surface area contributed by atoms with Gasteiger partial charge in [-0.05, 0) is 43.5 Å². The predicted molar refractivity (Wildman–Crippen MR) is 124 cm³/mol. The summed E-state index contributed by atoms with van der Waals surface area (Å²) in [5.74, 6) is -0.429. The minimum atomic E-state index is -0.429. The van der Waals surface area contributed by atoms with Gasteiger partial charge in [0.1, 0.15) is 6.29 Å². The van der Waals surface area contributed by atoms with E-state index in [2.05, 4.69) is 21.6 Å². The molecule has 0 aliphatic heterocycles. The molecule has 0 radical (unpaired) electrons. The average molecular weight is 415 g/mol. The van der Waals surface area contributed by atoms with E-state index in [1.807, 2.05) is 56.3 Å². The molecule has 1 atom stereocenters. The Hall–Kier alpha value is -2.64. The number of amides is 1. The van der Waals surface area contributed by atoms with Gasteiger partial charge in [-0.2, -0.15) is 0 Å². The van der Waals surface area contributed by atoms with Crippen LogP contribution in [0.2, 0.25) is 0 Å². The zero-order chi connectivity index (χ0) is 21.5. The second kappa shape index (κ2) is 14.4. The molecule has 0 bridgehead atoms. The van der Waals surface area contributed by atoms with Crippen molar-refractivity contribution in [2.24, 2.45) is 10.1 Å². The molecule has 0 aliphatic carbocycles. The van der Waals surface area contributed by atoms with Crippen LogP contribution in [0, 0.1) is 0 Å². The number of benzene rings is 1. The van der Waals surface area contributed by atoms with E-state index in [9.17, 15) is 9.59 Å². The Morgan fingerprint density at radius 2 is 2.07 bits per heavy atom. The maximum Gasteiger partial charge on any atom is 0.223 e. The molecule has 0 aromatic heterocycles. The van der Waals surface area contributed by atoms with Gasteiger partial charge >= 0.3 is 0 Å². The summed E-state index contributed by atoms with van der Waals surface area (Å²) in [4.78, 5) is 21.8. The summed E-state index contributed by atoms with van der Waals surface area (Å²) in [6.07, 6.45) is 9.17. The lowest BCUT2D eigenvalue weighted by molar-refractivity contribution is -0.116. The summed E-state index contributed by atoms with van der Waals surface area (Å²) < 4.78 is 4.49. The van der Waals surface area contributed by atoms with Crippen LogP contribution in [0.4, 0.5) is 5.69 Å². The summed E-state index contributed by atoms with van der Waals surface area (Å²) in [5, 5.41) is 6.51. The minimum Gasteiger partial charge on any atom is -0.382 e. The normalized spacial score (nSPS) is 13.3. The van der Waals surface area contributed by atoms with Gasteiger partial charge in [-0.25, -0.2) is 4.40 Å². The van der Waals surface area contributed by atoms with E-state index in [1.54, 1.807) is 6.08 Å². The summed E-state index contributed by atoms with van der Waals surface area (Å²) >= 11 is 1.32. The van der Waals surface area contributed by atoms with E-state index < -0.39 is 5.91 Å². The maximum atomic E-state index is 11.4. The number of nitrogens with two attached hydrogens (primary N) is 1. The molecule has 0 fully saturated rings. The summed E-state index contributed by atoms with van der Waals surface area (Å²) in [5.41, 5.74) is 8.96. The van der Waals surface area contributed by atoms with Gasteiger partial charge in [0.15, 0.2) is 0 Å². The third-order valence-corrected chi connectivity index (χ3v) is 4.57. The number of aldehydes is 1. The van der Waals surface area contributed by atoms with Gasteiger partial charge in [0.2, 0.25) is 5.91 Å². The van der Waals surface area contributed by atoms with E-state index in [1.165, 1.54) is 11.9 Å². The number of carbonyl (C=O) groups is 2. The number of anilines is 1. The Morgan fingerprint density at radius 1 is 1.34 bits per heavy atom. The van der Waals surface area contributed by atoms with Crippen LogP contribution in [0.1, 0.15) is 32.3 Å². The molecule has 0 saturated heterocycles. The Kier molecular flexibility index (Phi) is 12.1. The van der Waals surface area contributed by atoms with Crippen molar-refractivity contribution >= 4 is 35.5 Å². The van der Waals surface area contributed by atoms with Crippen molar-refractivity contribution in [1.82, 2.24) is 5.32 Å². The molecule has 1 unspecified atom stereocenters. The van der Waals surface area contributed by atoms with Crippen molar-refractivity contribution in [2.45, 2.75) is 32.1 Å². The van der Waals surface area contributed by atoms with E-state index in [4.69, 9.17) is 5.73 Å². The molecule has 6 nitrogen and oxygen atoms in total. The van der Waals surface area contributed by atoms with Gasteiger partial charge in [0.25, 0.3) is 0 Å². The Bertz CT molecular complexity index is 755. The van der Waals surface area contributed by atoms with Crippen molar-refractivity contribution in [3.05, 3.63) is 66.3 Å². The van der Waals surface area contributed by atoms with E-state index in [-0.39, 0.29) is 11.8 Å². The molecule has 1 aromatic carbocycles. The number of hydrogen-bond donors (Lipinski definition) is 3. The Morgan fingerprint density at radius 3 is 2.69 bits per heavy atom. The second-order valence-electron chi connectivity index (χ2n) is 6.35. The first kappa shape index (κ1) is 24.4. The number of primary amides is 1. The van der Waals surface area contributed by atoms with E-state index >= 15 is 0 Å². The van der Waals surface area contributed by atoms with Gasteiger partial charge in [0, 0.05) is 25.2 Å². The van der Waals surface area contributed by atoms with E-state index in [0.717, 1.165) is 23.1 Å². The Labute approximate surface area is 177 Å². The molecule has 4 N–H and O–H groups in total. The minimum absolute atomic E-state index is 0.0177. The van der Waals surface area contributed by atoms with Crippen LogP contribution in [0.5, 0.6) is 0 Å². The number of nitrogens with zero attached hydrogens (tertiary/aromatic N) is 1. The highest BCUT2D eigenvalue weighted by molar-refractivity contribution is 7.98. The lowest BCUT2D eigenvalue weighted by Gasteiger charge is -2.11. The highest BCUT2D eigenvalue weighted by Gasteiger charge is 2.09. The third-order valence-electron chi connectivity index (χ3n) is 3.76. The first-order valence-electron chi connectivity index (χ1n) is 9.44. The standard InChI is InChI=1S/C22H30N4O2S/c1-4-7-17(2)8-5-13-25-20-11-9-19(10-12-20)21(16-22(23)28)26-29-18(3)24-14-6-15-27/h4-5,7-12,15,18,24-25H,1,6,13-14,16H2,2-3H3,(H2,23,28)/b8-5-,17-7-,26-21?. The van der Waals surface area contributed by atoms with Crippen LogP contribution in [0.15, 0.2) is 65.1 Å². The lowest BCUT2D eigenvalue weighted by Crippen LogP contribution is -2.24. The van der Waals surface area contributed by atoms with Crippen molar-refractivity contribution in [3.63, 3.8) is 0 Å². The number of allylic oxidation sites excluding steroid dienone is 4. The van der Waals surface area contributed by atoms with Crippen molar-refractivity contribution < 1.29 is 9.59 Å². The zero-order valence-electron chi connectivity index (χ0n) is 17.1. The Balaban J connectivity index is 2.71. The van der Waals surface area contributed by atoms with Gasteiger partial charge in [-0.3, -0.25) is 4.79 Å². The molecule has 0 aliphatic rings. The van der Waals surface area contributed by atoms with Crippen molar-refractivity contribution in [3.8, 4) is 0 Å².